The topological polar surface area (TPSA) is 33.3 Å². The number of hydrogen-bond donors (Lipinski definition) is 2. The molecule has 1 saturated heterocycles. The van der Waals surface area contributed by atoms with Crippen LogP contribution in [0.1, 0.15) is 46.0 Å². The first-order valence-electron chi connectivity index (χ1n) is 7.72. The van der Waals surface area contributed by atoms with Crippen LogP contribution in [0.4, 0.5) is 0 Å². The van der Waals surface area contributed by atoms with E-state index in [0.29, 0.717) is 11.5 Å². The molecule has 0 aromatic carbocycles. The summed E-state index contributed by atoms with van der Waals surface area (Å²) in [5, 5.41) is 7.21. The minimum atomic E-state index is 0.510. The molecule has 106 valence electrons. The van der Waals surface area contributed by atoms with E-state index in [0.717, 1.165) is 32.2 Å². The van der Waals surface area contributed by atoms with Crippen molar-refractivity contribution in [2.24, 2.45) is 11.3 Å². The molecule has 3 nitrogen and oxygen atoms in total. The Kier molecular flexibility index (Phi) is 5.46. The fourth-order valence-corrected chi connectivity index (χ4v) is 3.71. The van der Waals surface area contributed by atoms with Gasteiger partial charge in [0.2, 0.25) is 0 Å². The molecule has 2 N–H and O–H groups in total. The van der Waals surface area contributed by atoms with Crippen molar-refractivity contribution in [2.75, 3.05) is 32.8 Å². The van der Waals surface area contributed by atoms with Gasteiger partial charge >= 0.3 is 0 Å². The molecule has 0 radical (unpaired) electrons. The van der Waals surface area contributed by atoms with E-state index < -0.39 is 0 Å². The maximum atomic E-state index is 5.49. The maximum Gasteiger partial charge on any atom is 0.0632 e. The van der Waals surface area contributed by atoms with Gasteiger partial charge in [0, 0.05) is 25.7 Å². The summed E-state index contributed by atoms with van der Waals surface area (Å²) in [6.45, 7) is 9.71. The quantitative estimate of drug-likeness (QED) is 0.762. The second kappa shape index (κ2) is 6.88. The lowest BCUT2D eigenvalue weighted by Gasteiger charge is -2.32. The minimum absolute atomic E-state index is 0.510. The standard InChI is InChI=1S/C15H30N2O/c1-13(2)9-15(5-3-4-6-15)12-16-10-14-11-18-8-7-17-14/h13-14,16-17H,3-12H2,1-2H3. The van der Waals surface area contributed by atoms with Crippen LogP contribution < -0.4 is 10.6 Å². The van der Waals surface area contributed by atoms with Gasteiger partial charge < -0.3 is 15.4 Å². The Labute approximate surface area is 112 Å². The van der Waals surface area contributed by atoms with Crippen LogP contribution in [-0.4, -0.2) is 38.9 Å². The Balaban J connectivity index is 1.72. The van der Waals surface area contributed by atoms with E-state index in [4.69, 9.17) is 4.74 Å². The summed E-state index contributed by atoms with van der Waals surface area (Å²) in [5.41, 5.74) is 0.587. The zero-order valence-electron chi connectivity index (χ0n) is 12.1. The first-order valence-corrected chi connectivity index (χ1v) is 7.72. The highest BCUT2D eigenvalue weighted by Gasteiger charge is 2.34. The van der Waals surface area contributed by atoms with Gasteiger partial charge in [-0.1, -0.05) is 26.7 Å². The fraction of sp³-hybridized carbons (Fsp3) is 1.00. The summed E-state index contributed by atoms with van der Waals surface area (Å²) in [4.78, 5) is 0. The van der Waals surface area contributed by atoms with Crippen LogP contribution in [-0.2, 0) is 4.74 Å². The summed E-state index contributed by atoms with van der Waals surface area (Å²) < 4.78 is 5.49. The predicted molar refractivity (Wildman–Crippen MR) is 75.8 cm³/mol. The fourth-order valence-electron chi connectivity index (χ4n) is 3.71. The average Bonchev–Trinajstić information content (AvgIpc) is 2.78. The normalized spacial score (nSPS) is 27.8. The second-order valence-electron chi connectivity index (χ2n) is 6.66. The van der Waals surface area contributed by atoms with Crippen molar-refractivity contribution in [3.63, 3.8) is 0 Å². The van der Waals surface area contributed by atoms with Crippen LogP contribution in [0, 0.1) is 11.3 Å². The molecule has 0 amide bonds. The van der Waals surface area contributed by atoms with Gasteiger partial charge in [0.1, 0.15) is 0 Å². The molecule has 0 aromatic rings. The van der Waals surface area contributed by atoms with Crippen LogP contribution in [0.2, 0.25) is 0 Å². The highest BCUT2D eigenvalue weighted by atomic mass is 16.5. The van der Waals surface area contributed by atoms with E-state index in [1.807, 2.05) is 0 Å². The van der Waals surface area contributed by atoms with Gasteiger partial charge in [-0.25, -0.2) is 0 Å². The minimum Gasteiger partial charge on any atom is -0.378 e. The lowest BCUT2D eigenvalue weighted by atomic mass is 9.78. The highest BCUT2D eigenvalue weighted by Crippen LogP contribution is 2.42. The summed E-state index contributed by atoms with van der Waals surface area (Å²) in [6.07, 6.45) is 7.09. The summed E-state index contributed by atoms with van der Waals surface area (Å²) in [6, 6.07) is 0.510. The van der Waals surface area contributed by atoms with Gasteiger partial charge in [-0.3, -0.25) is 0 Å². The molecule has 1 heterocycles. The molecule has 3 heteroatoms. The number of rotatable bonds is 6. The van der Waals surface area contributed by atoms with Crippen molar-refractivity contribution in [2.45, 2.75) is 52.0 Å². The smallest absolute Gasteiger partial charge is 0.0632 e. The number of ether oxygens (including phenoxy) is 1. The third-order valence-electron chi connectivity index (χ3n) is 4.39. The molecule has 2 aliphatic rings. The summed E-state index contributed by atoms with van der Waals surface area (Å²) in [5.74, 6) is 0.820. The van der Waals surface area contributed by atoms with Gasteiger partial charge in [0.25, 0.3) is 0 Å². The summed E-state index contributed by atoms with van der Waals surface area (Å²) in [7, 11) is 0. The zero-order valence-corrected chi connectivity index (χ0v) is 12.1. The Bertz CT molecular complexity index is 231. The maximum absolute atomic E-state index is 5.49. The van der Waals surface area contributed by atoms with Gasteiger partial charge in [-0.05, 0) is 30.6 Å². The lowest BCUT2D eigenvalue weighted by molar-refractivity contribution is 0.0751. The Hall–Kier alpha value is -0.120. The molecule has 1 aliphatic carbocycles. The predicted octanol–water partition coefficient (Wildman–Crippen LogP) is 2.17. The van der Waals surface area contributed by atoms with Crippen LogP contribution in [0.15, 0.2) is 0 Å². The molecule has 1 saturated carbocycles. The van der Waals surface area contributed by atoms with Crippen molar-refractivity contribution < 1.29 is 4.74 Å². The molecule has 2 fully saturated rings. The largest absolute Gasteiger partial charge is 0.378 e. The van der Waals surface area contributed by atoms with E-state index in [1.54, 1.807) is 0 Å². The summed E-state index contributed by atoms with van der Waals surface area (Å²) >= 11 is 0. The Morgan fingerprint density at radius 3 is 2.72 bits per heavy atom. The van der Waals surface area contributed by atoms with Gasteiger partial charge in [-0.15, -0.1) is 0 Å². The Morgan fingerprint density at radius 1 is 1.33 bits per heavy atom. The third kappa shape index (κ3) is 4.22. The van der Waals surface area contributed by atoms with Crippen LogP contribution >= 0.6 is 0 Å². The van der Waals surface area contributed by atoms with E-state index >= 15 is 0 Å². The van der Waals surface area contributed by atoms with Crippen molar-refractivity contribution in [1.29, 1.82) is 0 Å². The molecular formula is C15H30N2O. The highest BCUT2D eigenvalue weighted by molar-refractivity contribution is 4.88. The zero-order chi connectivity index (χ0) is 12.8. The van der Waals surface area contributed by atoms with Crippen LogP contribution in [0.5, 0.6) is 0 Å². The third-order valence-corrected chi connectivity index (χ3v) is 4.39. The molecule has 0 spiro atoms. The number of morpholine rings is 1. The monoisotopic (exact) mass is 254 g/mol. The SMILES string of the molecule is CC(C)CC1(CNCC2COCCN2)CCCC1. The second-order valence-corrected chi connectivity index (χ2v) is 6.66. The van der Waals surface area contributed by atoms with E-state index in [-0.39, 0.29) is 0 Å². The lowest BCUT2D eigenvalue weighted by Crippen LogP contribution is -2.48. The first-order chi connectivity index (χ1) is 8.70. The Morgan fingerprint density at radius 2 is 2.11 bits per heavy atom. The van der Waals surface area contributed by atoms with Crippen molar-refractivity contribution >= 4 is 0 Å². The van der Waals surface area contributed by atoms with Gasteiger partial charge in [0.15, 0.2) is 0 Å². The van der Waals surface area contributed by atoms with Crippen molar-refractivity contribution in [3.05, 3.63) is 0 Å². The molecule has 2 rings (SSSR count). The number of nitrogens with one attached hydrogen (secondary N) is 2. The van der Waals surface area contributed by atoms with Crippen molar-refractivity contribution in [1.82, 2.24) is 10.6 Å². The number of hydrogen-bond acceptors (Lipinski definition) is 3. The van der Waals surface area contributed by atoms with E-state index in [9.17, 15) is 0 Å². The average molecular weight is 254 g/mol. The molecule has 0 bridgehead atoms. The molecule has 1 aliphatic heterocycles. The molecule has 1 unspecified atom stereocenters. The van der Waals surface area contributed by atoms with Crippen LogP contribution in [0.25, 0.3) is 0 Å². The first kappa shape index (κ1) is 14.3. The van der Waals surface area contributed by atoms with Gasteiger partial charge in [-0.2, -0.15) is 0 Å². The van der Waals surface area contributed by atoms with E-state index in [2.05, 4.69) is 24.5 Å². The van der Waals surface area contributed by atoms with Crippen molar-refractivity contribution in [3.8, 4) is 0 Å². The molecule has 1 atom stereocenters. The molecular weight excluding hydrogens is 224 g/mol. The molecule has 0 aromatic heterocycles. The van der Waals surface area contributed by atoms with E-state index in [1.165, 1.54) is 38.6 Å². The van der Waals surface area contributed by atoms with Crippen LogP contribution in [0.3, 0.4) is 0 Å². The van der Waals surface area contributed by atoms with Gasteiger partial charge in [0.05, 0.1) is 13.2 Å². The molecule has 18 heavy (non-hydrogen) atoms.